The Kier molecular flexibility index (Phi) is 3.86. The van der Waals surface area contributed by atoms with Crippen LogP contribution in [0.4, 0.5) is 11.4 Å². The van der Waals surface area contributed by atoms with E-state index in [1.54, 1.807) is 0 Å². The highest BCUT2D eigenvalue weighted by molar-refractivity contribution is 7.92. The Morgan fingerprint density at radius 1 is 1.20 bits per heavy atom. The third kappa shape index (κ3) is 2.86. The molecule has 0 unspecified atom stereocenters. The molecule has 2 aromatic rings. The molecular weight excluding hydrogens is 306 g/mol. The number of para-hydroxylation sites is 1. The third-order valence-corrected chi connectivity index (χ3v) is 4.07. The van der Waals surface area contributed by atoms with Crippen LogP contribution in [0.5, 0.6) is 0 Å². The number of nitrogens with one attached hydrogen (secondary N) is 1. The molecule has 7 nitrogen and oxygen atoms in total. The number of nitro groups is 1. The van der Waals surface area contributed by atoms with Crippen LogP contribution >= 0.6 is 11.6 Å². The Hall–Kier alpha value is -2.19. The number of hydrogen-bond acceptors (Lipinski definition) is 5. The number of sulfonamides is 1. The molecule has 0 aliphatic carbocycles. The minimum Gasteiger partial charge on any atom is -0.276 e. The summed E-state index contributed by atoms with van der Waals surface area (Å²) < 4.78 is 26.5. The second-order valence-corrected chi connectivity index (χ2v) is 5.68. The van der Waals surface area contributed by atoms with Crippen molar-refractivity contribution in [2.24, 2.45) is 0 Å². The molecule has 1 heterocycles. The molecule has 1 aromatic heterocycles. The summed E-state index contributed by atoms with van der Waals surface area (Å²) in [4.78, 5) is 13.4. The first kappa shape index (κ1) is 14.2. The van der Waals surface area contributed by atoms with Crippen LogP contribution in [0, 0.1) is 10.1 Å². The topological polar surface area (TPSA) is 102 Å². The quantitative estimate of drug-likeness (QED) is 0.530. The highest BCUT2D eigenvalue weighted by Gasteiger charge is 2.25. The Morgan fingerprint density at radius 3 is 2.55 bits per heavy atom. The Labute approximate surface area is 119 Å². The van der Waals surface area contributed by atoms with Crippen LogP contribution in [-0.2, 0) is 10.0 Å². The number of pyridine rings is 1. The van der Waals surface area contributed by atoms with Gasteiger partial charge < -0.3 is 0 Å². The van der Waals surface area contributed by atoms with E-state index < -0.39 is 25.5 Å². The average molecular weight is 314 g/mol. The lowest BCUT2D eigenvalue weighted by Crippen LogP contribution is -2.15. The van der Waals surface area contributed by atoms with Crippen molar-refractivity contribution in [2.45, 2.75) is 4.90 Å². The third-order valence-electron chi connectivity index (χ3n) is 2.35. The maximum atomic E-state index is 12.2. The van der Waals surface area contributed by atoms with E-state index in [1.165, 1.54) is 30.5 Å². The lowest BCUT2D eigenvalue weighted by Gasteiger charge is -2.08. The molecule has 0 amide bonds. The van der Waals surface area contributed by atoms with Gasteiger partial charge in [0.15, 0.2) is 10.0 Å². The van der Waals surface area contributed by atoms with Gasteiger partial charge >= 0.3 is 0 Å². The SMILES string of the molecule is O=[N+]([O-])c1ccccc1S(=O)(=O)Nc1cccnc1Cl. The van der Waals surface area contributed by atoms with Crippen LogP contribution in [0.15, 0.2) is 47.5 Å². The lowest BCUT2D eigenvalue weighted by molar-refractivity contribution is -0.387. The smallest absolute Gasteiger partial charge is 0.276 e. The summed E-state index contributed by atoms with van der Waals surface area (Å²) in [5.74, 6) is 0. The molecule has 1 aromatic carbocycles. The monoisotopic (exact) mass is 313 g/mol. The number of anilines is 1. The van der Waals surface area contributed by atoms with Gasteiger partial charge in [0.2, 0.25) is 0 Å². The van der Waals surface area contributed by atoms with E-state index in [9.17, 15) is 18.5 Å². The van der Waals surface area contributed by atoms with Gasteiger partial charge in [0.25, 0.3) is 15.7 Å². The van der Waals surface area contributed by atoms with Crippen molar-refractivity contribution in [3.8, 4) is 0 Å². The number of benzene rings is 1. The fourth-order valence-electron chi connectivity index (χ4n) is 1.50. The van der Waals surface area contributed by atoms with Crippen LogP contribution in [0.3, 0.4) is 0 Å². The fourth-order valence-corrected chi connectivity index (χ4v) is 2.96. The summed E-state index contributed by atoms with van der Waals surface area (Å²) in [5, 5.41) is 10.8. The Bertz CT molecular complexity index is 764. The van der Waals surface area contributed by atoms with E-state index >= 15 is 0 Å². The summed E-state index contributed by atoms with van der Waals surface area (Å²) in [7, 11) is -4.13. The van der Waals surface area contributed by atoms with Crippen LogP contribution in [0.2, 0.25) is 5.15 Å². The molecule has 0 aliphatic heterocycles. The van der Waals surface area contributed by atoms with Gasteiger partial charge in [-0.25, -0.2) is 13.4 Å². The van der Waals surface area contributed by atoms with Gasteiger partial charge in [-0.1, -0.05) is 23.7 Å². The van der Waals surface area contributed by atoms with Crippen molar-refractivity contribution in [3.63, 3.8) is 0 Å². The van der Waals surface area contributed by atoms with Crippen molar-refractivity contribution in [3.05, 3.63) is 57.9 Å². The van der Waals surface area contributed by atoms with Crippen molar-refractivity contribution < 1.29 is 13.3 Å². The molecule has 1 N–H and O–H groups in total. The first-order chi connectivity index (χ1) is 9.42. The fraction of sp³-hybridized carbons (Fsp3) is 0. The van der Waals surface area contributed by atoms with Gasteiger partial charge in [-0.15, -0.1) is 0 Å². The lowest BCUT2D eigenvalue weighted by atomic mass is 10.3. The normalized spacial score (nSPS) is 11.1. The molecule has 104 valence electrons. The van der Waals surface area contributed by atoms with Gasteiger partial charge in [-0.2, -0.15) is 0 Å². The second kappa shape index (κ2) is 5.43. The van der Waals surface area contributed by atoms with E-state index in [2.05, 4.69) is 9.71 Å². The van der Waals surface area contributed by atoms with Crippen molar-refractivity contribution in [2.75, 3.05) is 4.72 Å². The largest absolute Gasteiger partial charge is 0.289 e. The molecule has 20 heavy (non-hydrogen) atoms. The minimum absolute atomic E-state index is 0.0466. The molecule has 0 fully saturated rings. The molecule has 0 aliphatic rings. The maximum absolute atomic E-state index is 12.2. The van der Waals surface area contributed by atoms with E-state index in [0.29, 0.717) is 0 Å². The highest BCUT2D eigenvalue weighted by atomic mass is 35.5. The zero-order valence-corrected chi connectivity index (χ0v) is 11.4. The summed E-state index contributed by atoms with van der Waals surface area (Å²) in [6, 6.07) is 7.93. The van der Waals surface area contributed by atoms with Gasteiger partial charge in [-0.05, 0) is 18.2 Å². The molecule has 0 bridgehead atoms. The van der Waals surface area contributed by atoms with Gasteiger partial charge in [-0.3, -0.25) is 14.8 Å². The average Bonchev–Trinajstić information content (AvgIpc) is 2.41. The predicted molar refractivity (Wildman–Crippen MR) is 73.2 cm³/mol. The van der Waals surface area contributed by atoms with Crippen LogP contribution in [0.25, 0.3) is 0 Å². The zero-order valence-electron chi connectivity index (χ0n) is 9.86. The van der Waals surface area contributed by atoms with E-state index in [1.807, 2.05) is 0 Å². The number of halogens is 1. The Morgan fingerprint density at radius 2 is 1.90 bits per heavy atom. The molecule has 0 saturated carbocycles. The number of aromatic nitrogens is 1. The van der Waals surface area contributed by atoms with Gasteiger partial charge in [0, 0.05) is 12.3 Å². The van der Waals surface area contributed by atoms with Gasteiger partial charge in [0.05, 0.1) is 10.6 Å². The number of nitrogens with zero attached hydrogens (tertiary/aromatic N) is 2. The first-order valence-corrected chi connectivity index (χ1v) is 7.14. The van der Waals surface area contributed by atoms with Crippen molar-refractivity contribution >= 4 is 33.0 Å². The summed E-state index contributed by atoms with van der Waals surface area (Å²) in [6.07, 6.45) is 1.39. The van der Waals surface area contributed by atoms with E-state index in [-0.39, 0.29) is 10.8 Å². The summed E-state index contributed by atoms with van der Waals surface area (Å²) in [5.41, 5.74) is -0.465. The molecule has 0 saturated heterocycles. The molecule has 2 rings (SSSR count). The van der Waals surface area contributed by atoms with Crippen LogP contribution < -0.4 is 4.72 Å². The summed E-state index contributed by atoms with van der Waals surface area (Å²) in [6.45, 7) is 0. The first-order valence-electron chi connectivity index (χ1n) is 5.28. The highest BCUT2D eigenvalue weighted by Crippen LogP contribution is 2.27. The standard InChI is InChI=1S/C11H8ClN3O4S/c12-11-8(4-3-7-13-11)14-20(18,19)10-6-2-1-5-9(10)15(16)17/h1-7,14H. The molecular formula is C11H8ClN3O4S. The molecule has 0 spiro atoms. The van der Waals surface area contributed by atoms with Gasteiger partial charge in [0.1, 0.15) is 0 Å². The summed E-state index contributed by atoms with van der Waals surface area (Å²) >= 11 is 5.75. The maximum Gasteiger partial charge on any atom is 0.289 e. The second-order valence-electron chi connectivity index (χ2n) is 3.67. The number of rotatable bonds is 4. The minimum atomic E-state index is -4.13. The van der Waals surface area contributed by atoms with E-state index in [4.69, 9.17) is 11.6 Å². The van der Waals surface area contributed by atoms with Crippen molar-refractivity contribution in [1.29, 1.82) is 0 Å². The van der Waals surface area contributed by atoms with Crippen LogP contribution in [0.1, 0.15) is 0 Å². The van der Waals surface area contributed by atoms with Crippen molar-refractivity contribution in [1.82, 2.24) is 4.98 Å². The zero-order chi connectivity index (χ0) is 14.8. The van der Waals surface area contributed by atoms with Crippen LogP contribution in [-0.4, -0.2) is 18.3 Å². The number of hydrogen-bond donors (Lipinski definition) is 1. The predicted octanol–water partition coefficient (Wildman–Crippen LogP) is 2.44. The Balaban J connectivity index is 2.47. The van der Waals surface area contributed by atoms with E-state index in [0.717, 1.165) is 12.1 Å². The number of nitro benzene ring substituents is 1. The molecule has 9 heteroatoms. The molecule has 0 atom stereocenters. The molecule has 0 radical (unpaired) electrons.